The number of rotatable bonds is 4. The van der Waals surface area contributed by atoms with Crippen LogP contribution in [0.5, 0.6) is 5.75 Å². The van der Waals surface area contributed by atoms with Gasteiger partial charge in [-0.1, -0.05) is 23.7 Å². The quantitative estimate of drug-likeness (QED) is 0.518. The maximum atomic E-state index is 13.2. The molecule has 0 spiro atoms. The normalized spacial score (nSPS) is 19.0. The van der Waals surface area contributed by atoms with Crippen molar-refractivity contribution in [2.45, 2.75) is 31.6 Å². The highest BCUT2D eigenvalue weighted by Gasteiger charge is 2.40. The number of hydrogen-bond donors (Lipinski definition) is 0. The zero-order chi connectivity index (χ0) is 21.4. The van der Waals surface area contributed by atoms with Crippen LogP contribution in [0.15, 0.2) is 53.7 Å². The molecule has 1 amide bonds. The van der Waals surface area contributed by atoms with Gasteiger partial charge in [0.05, 0.1) is 22.7 Å². The molecule has 30 heavy (non-hydrogen) atoms. The summed E-state index contributed by atoms with van der Waals surface area (Å²) in [7, 11) is 1.57. The third-order valence-electron chi connectivity index (χ3n) is 5.57. The lowest BCUT2D eigenvalue weighted by Crippen LogP contribution is -2.40. The molecule has 1 unspecified atom stereocenters. The molecule has 8 heteroatoms. The Morgan fingerprint density at radius 2 is 1.87 bits per heavy atom. The van der Waals surface area contributed by atoms with Crippen LogP contribution in [0.1, 0.15) is 37.2 Å². The standard InChI is InChI=1S/C22H19ClN2O5/c1-30-15-8-5-13(6-9-15)16-12-21(27)24(18-3-2-4-20(26)22(16)18)19-11-14(25(28)29)7-10-17(19)23/h5-11,16H,2-4,12H2,1H3. The van der Waals surface area contributed by atoms with E-state index in [-0.39, 0.29) is 40.4 Å². The fourth-order valence-corrected chi connectivity index (χ4v) is 4.38. The van der Waals surface area contributed by atoms with Gasteiger partial charge < -0.3 is 4.74 Å². The number of ether oxygens (including phenoxy) is 1. The molecule has 2 aromatic carbocycles. The summed E-state index contributed by atoms with van der Waals surface area (Å²) in [6.45, 7) is 0. The summed E-state index contributed by atoms with van der Waals surface area (Å²) in [5.74, 6) is 0.0813. The van der Waals surface area contributed by atoms with Crippen LogP contribution >= 0.6 is 11.6 Å². The van der Waals surface area contributed by atoms with E-state index in [1.165, 1.54) is 23.1 Å². The molecule has 1 heterocycles. The van der Waals surface area contributed by atoms with E-state index in [2.05, 4.69) is 0 Å². The molecule has 1 atom stereocenters. The number of hydrogen-bond acceptors (Lipinski definition) is 5. The summed E-state index contributed by atoms with van der Waals surface area (Å²) in [5, 5.41) is 11.5. The van der Waals surface area contributed by atoms with Crippen LogP contribution in [-0.4, -0.2) is 23.7 Å². The number of nitro benzene ring substituents is 1. The monoisotopic (exact) mass is 426 g/mol. The van der Waals surface area contributed by atoms with Crippen molar-refractivity contribution in [3.63, 3.8) is 0 Å². The van der Waals surface area contributed by atoms with Crippen molar-refractivity contribution >= 4 is 34.7 Å². The van der Waals surface area contributed by atoms with Gasteiger partial charge in [0, 0.05) is 42.2 Å². The fraction of sp³-hybridized carbons (Fsp3) is 0.273. The van der Waals surface area contributed by atoms with Gasteiger partial charge in [0.2, 0.25) is 5.91 Å². The molecule has 0 radical (unpaired) electrons. The van der Waals surface area contributed by atoms with Crippen LogP contribution in [0.2, 0.25) is 5.02 Å². The molecule has 0 saturated heterocycles. The summed E-state index contributed by atoms with van der Waals surface area (Å²) < 4.78 is 5.20. The Kier molecular flexibility index (Phi) is 5.30. The average molecular weight is 427 g/mol. The number of nitro groups is 1. The Labute approximate surface area is 178 Å². The number of benzene rings is 2. The first-order chi connectivity index (χ1) is 14.4. The number of carbonyl (C=O) groups is 2. The summed E-state index contributed by atoms with van der Waals surface area (Å²) >= 11 is 6.32. The first-order valence-electron chi connectivity index (χ1n) is 9.57. The van der Waals surface area contributed by atoms with Crippen LogP contribution < -0.4 is 9.64 Å². The Morgan fingerprint density at radius 1 is 1.13 bits per heavy atom. The number of halogens is 1. The van der Waals surface area contributed by atoms with Crippen LogP contribution in [0, 0.1) is 10.1 Å². The first-order valence-corrected chi connectivity index (χ1v) is 9.95. The van der Waals surface area contributed by atoms with Crippen LogP contribution in [-0.2, 0) is 9.59 Å². The predicted octanol–water partition coefficient (Wildman–Crippen LogP) is 4.78. The number of carbonyl (C=O) groups excluding carboxylic acids is 2. The highest BCUT2D eigenvalue weighted by atomic mass is 35.5. The smallest absolute Gasteiger partial charge is 0.271 e. The molecule has 154 valence electrons. The fourth-order valence-electron chi connectivity index (χ4n) is 4.18. The molecule has 0 saturated carbocycles. The molecule has 1 aliphatic carbocycles. The number of ketones is 1. The predicted molar refractivity (Wildman–Crippen MR) is 112 cm³/mol. The molecule has 4 rings (SSSR count). The number of amides is 1. The molecule has 0 fully saturated rings. The van der Waals surface area contributed by atoms with Gasteiger partial charge in [0.25, 0.3) is 5.69 Å². The van der Waals surface area contributed by atoms with Crippen molar-refractivity contribution < 1.29 is 19.2 Å². The van der Waals surface area contributed by atoms with Gasteiger partial charge in [-0.15, -0.1) is 0 Å². The number of Topliss-reactive ketones (excluding diaryl/α,β-unsaturated/α-hetero) is 1. The molecule has 1 aliphatic heterocycles. The Morgan fingerprint density at radius 3 is 2.53 bits per heavy atom. The van der Waals surface area contributed by atoms with Crippen molar-refractivity contribution in [3.8, 4) is 5.75 Å². The largest absolute Gasteiger partial charge is 0.497 e. The maximum Gasteiger partial charge on any atom is 0.271 e. The topological polar surface area (TPSA) is 89.8 Å². The van der Waals surface area contributed by atoms with Crippen molar-refractivity contribution in [1.29, 1.82) is 0 Å². The van der Waals surface area contributed by atoms with Gasteiger partial charge in [0.1, 0.15) is 5.75 Å². The van der Waals surface area contributed by atoms with E-state index in [0.29, 0.717) is 36.3 Å². The second kappa shape index (κ2) is 7.91. The summed E-state index contributed by atoms with van der Waals surface area (Å²) in [5.41, 5.74) is 2.12. The Balaban J connectivity index is 1.86. The van der Waals surface area contributed by atoms with Gasteiger partial charge in [-0.3, -0.25) is 24.6 Å². The van der Waals surface area contributed by atoms with Gasteiger partial charge in [-0.25, -0.2) is 0 Å². The van der Waals surface area contributed by atoms with E-state index in [4.69, 9.17) is 16.3 Å². The summed E-state index contributed by atoms with van der Waals surface area (Å²) in [6, 6.07) is 11.3. The molecular weight excluding hydrogens is 408 g/mol. The summed E-state index contributed by atoms with van der Waals surface area (Å²) in [6.07, 6.45) is 1.63. The highest BCUT2D eigenvalue weighted by Crippen LogP contribution is 2.45. The second-order valence-electron chi connectivity index (χ2n) is 7.29. The molecule has 2 aliphatic rings. The Bertz CT molecular complexity index is 1080. The van der Waals surface area contributed by atoms with Gasteiger partial charge >= 0.3 is 0 Å². The molecule has 2 aromatic rings. The number of nitrogens with zero attached hydrogens (tertiary/aromatic N) is 2. The molecule has 0 N–H and O–H groups in total. The van der Waals surface area contributed by atoms with Crippen LogP contribution in [0.25, 0.3) is 0 Å². The van der Waals surface area contributed by atoms with E-state index in [0.717, 1.165) is 5.56 Å². The van der Waals surface area contributed by atoms with E-state index in [9.17, 15) is 19.7 Å². The number of anilines is 1. The number of non-ortho nitro benzene ring substituents is 1. The van der Waals surface area contributed by atoms with Crippen molar-refractivity contribution in [3.05, 3.63) is 74.4 Å². The van der Waals surface area contributed by atoms with Crippen molar-refractivity contribution in [2.75, 3.05) is 12.0 Å². The lowest BCUT2D eigenvalue weighted by molar-refractivity contribution is -0.384. The van der Waals surface area contributed by atoms with Gasteiger partial charge in [0.15, 0.2) is 5.78 Å². The third-order valence-corrected chi connectivity index (χ3v) is 5.89. The minimum atomic E-state index is -0.532. The van der Waals surface area contributed by atoms with E-state index in [1.54, 1.807) is 19.2 Å². The maximum absolute atomic E-state index is 13.2. The zero-order valence-corrected chi connectivity index (χ0v) is 17.0. The lowest BCUT2D eigenvalue weighted by Gasteiger charge is -2.38. The van der Waals surface area contributed by atoms with Gasteiger partial charge in [-0.05, 0) is 36.6 Å². The zero-order valence-electron chi connectivity index (χ0n) is 16.3. The number of allylic oxidation sites excluding steroid dienone is 2. The molecule has 7 nitrogen and oxygen atoms in total. The molecular formula is C22H19ClN2O5. The van der Waals surface area contributed by atoms with E-state index in [1.807, 2.05) is 12.1 Å². The molecule has 0 bridgehead atoms. The molecule has 0 aromatic heterocycles. The number of methoxy groups -OCH3 is 1. The van der Waals surface area contributed by atoms with E-state index < -0.39 is 4.92 Å². The Hall–Kier alpha value is -3.19. The second-order valence-corrected chi connectivity index (χ2v) is 7.70. The van der Waals surface area contributed by atoms with Crippen LogP contribution in [0.4, 0.5) is 11.4 Å². The van der Waals surface area contributed by atoms with Crippen molar-refractivity contribution in [2.24, 2.45) is 0 Å². The minimum absolute atomic E-state index is 0.00359. The average Bonchev–Trinajstić information content (AvgIpc) is 2.74. The lowest BCUT2D eigenvalue weighted by atomic mass is 9.77. The van der Waals surface area contributed by atoms with Gasteiger partial charge in [-0.2, -0.15) is 0 Å². The minimum Gasteiger partial charge on any atom is -0.497 e. The third kappa shape index (κ3) is 3.45. The summed E-state index contributed by atoms with van der Waals surface area (Å²) in [4.78, 5) is 38.2. The van der Waals surface area contributed by atoms with Crippen LogP contribution in [0.3, 0.4) is 0 Å². The first kappa shape index (κ1) is 20.1. The van der Waals surface area contributed by atoms with E-state index >= 15 is 0 Å². The SMILES string of the molecule is COc1ccc(C2CC(=O)N(c3cc([N+](=O)[O-])ccc3Cl)C3=C2C(=O)CCC3)cc1. The highest BCUT2D eigenvalue weighted by molar-refractivity contribution is 6.34. The van der Waals surface area contributed by atoms with Crippen molar-refractivity contribution in [1.82, 2.24) is 0 Å².